The molecule has 24 heavy (non-hydrogen) atoms. The molecule has 0 aromatic heterocycles. The van der Waals surface area contributed by atoms with Gasteiger partial charge in [0.1, 0.15) is 11.4 Å². The molecule has 2 N–H and O–H groups in total. The molecule has 0 amide bonds. The molecule has 0 spiro atoms. The summed E-state index contributed by atoms with van der Waals surface area (Å²) in [7, 11) is 0. The van der Waals surface area contributed by atoms with Crippen LogP contribution in [0.5, 0.6) is 0 Å². The molecule has 1 saturated heterocycles. The van der Waals surface area contributed by atoms with Gasteiger partial charge in [0.05, 0.1) is 0 Å². The van der Waals surface area contributed by atoms with Crippen LogP contribution >= 0.6 is 0 Å². The van der Waals surface area contributed by atoms with E-state index in [1.165, 1.54) is 17.7 Å². The summed E-state index contributed by atoms with van der Waals surface area (Å²) in [6.07, 6.45) is 0.956. The molecule has 1 fully saturated rings. The molecule has 0 bridgehead atoms. The highest BCUT2D eigenvalue weighted by Gasteiger charge is 2.41. The molecule has 1 aliphatic heterocycles. The SMILES string of the molecule is O=C(O)C1(Nc2cccc(F)c2)CCN(Cc2ccccc2)CC1. The number of carboxylic acid groups (broad SMARTS) is 1. The fraction of sp³-hybridized carbons (Fsp3) is 0.316. The van der Waals surface area contributed by atoms with Crippen molar-refractivity contribution in [3.63, 3.8) is 0 Å². The number of halogens is 1. The molecular weight excluding hydrogens is 307 g/mol. The van der Waals surface area contributed by atoms with Crippen LogP contribution in [0, 0.1) is 5.82 Å². The second kappa shape index (κ2) is 7.01. The molecule has 3 rings (SSSR count). The summed E-state index contributed by atoms with van der Waals surface area (Å²) in [5.41, 5.74) is 0.688. The minimum absolute atomic E-state index is 0.373. The molecule has 0 saturated carbocycles. The van der Waals surface area contributed by atoms with Gasteiger partial charge < -0.3 is 10.4 Å². The second-order valence-corrected chi connectivity index (χ2v) is 6.28. The third-order valence-corrected chi connectivity index (χ3v) is 4.58. The fourth-order valence-electron chi connectivity index (χ4n) is 3.17. The summed E-state index contributed by atoms with van der Waals surface area (Å²) in [5, 5.41) is 12.8. The van der Waals surface area contributed by atoms with Gasteiger partial charge in [-0.3, -0.25) is 4.90 Å². The van der Waals surface area contributed by atoms with E-state index in [1.54, 1.807) is 12.1 Å². The molecule has 1 aliphatic rings. The lowest BCUT2D eigenvalue weighted by Gasteiger charge is -2.40. The zero-order valence-electron chi connectivity index (χ0n) is 13.4. The molecule has 4 nitrogen and oxygen atoms in total. The van der Waals surface area contributed by atoms with Gasteiger partial charge in [-0.05, 0) is 36.6 Å². The topological polar surface area (TPSA) is 52.6 Å². The van der Waals surface area contributed by atoms with Crippen molar-refractivity contribution in [2.45, 2.75) is 24.9 Å². The molecule has 0 atom stereocenters. The summed E-state index contributed by atoms with van der Waals surface area (Å²) in [5.74, 6) is -1.26. The summed E-state index contributed by atoms with van der Waals surface area (Å²) < 4.78 is 13.4. The maximum atomic E-state index is 13.4. The smallest absolute Gasteiger partial charge is 0.329 e. The van der Waals surface area contributed by atoms with Gasteiger partial charge in [-0.25, -0.2) is 9.18 Å². The van der Waals surface area contributed by atoms with Gasteiger partial charge in [0.25, 0.3) is 0 Å². The Labute approximate surface area is 140 Å². The molecule has 5 heteroatoms. The van der Waals surface area contributed by atoms with Crippen LogP contribution in [0.2, 0.25) is 0 Å². The Morgan fingerprint density at radius 1 is 1.12 bits per heavy atom. The third-order valence-electron chi connectivity index (χ3n) is 4.58. The summed E-state index contributed by atoms with van der Waals surface area (Å²) in [4.78, 5) is 14.1. The molecule has 0 unspecified atom stereocenters. The van der Waals surface area contributed by atoms with Crippen molar-refractivity contribution >= 4 is 11.7 Å². The van der Waals surface area contributed by atoms with Crippen molar-refractivity contribution in [3.05, 3.63) is 66.0 Å². The van der Waals surface area contributed by atoms with Crippen molar-refractivity contribution in [2.24, 2.45) is 0 Å². The van der Waals surface area contributed by atoms with Gasteiger partial charge in [0.15, 0.2) is 0 Å². The number of anilines is 1. The maximum absolute atomic E-state index is 13.4. The van der Waals surface area contributed by atoms with E-state index in [0.717, 1.165) is 6.54 Å². The lowest BCUT2D eigenvalue weighted by molar-refractivity contribution is -0.144. The first-order valence-electron chi connectivity index (χ1n) is 8.11. The number of piperidine rings is 1. The number of nitrogens with one attached hydrogen (secondary N) is 1. The van der Waals surface area contributed by atoms with E-state index in [0.29, 0.717) is 31.6 Å². The average molecular weight is 328 g/mol. The number of hydrogen-bond acceptors (Lipinski definition) is 3. The molecular formula is C19H21FN2O2. The quantitative estimate of drug-likeness (QED) is 0.884. The highest BCUT2D eigenvalue weighted by atomic mass is 19.1. The van der Waals surface area contributed by atoms with E-state index in [1.807, 2.05) is 18.2 Å². The number of benzene rings is 2. The number of carboxylic acids is 1. The first-order valence-corrected chi connectivity index (χ1v) is 8.11. The number of rotatable bonds is 5. The summed E-state index contributed by atoms with van der Waals surface area (Å²) >= 11 is 0. The summed E-state index contributed by atoms with van der Waals surface area (Å²) in [6, 6.07) is 16.1. The van der Waals surface area contributed by atoms with Gasteiger partial charge >= 0.3 is 5.97 Å². The first kappa shape index (κ1) is 16.5. The first-order chi connectivity index (χ1) is 11.6. The van der Waals surface area contributed by atoms with Crippen LogP contribution in [0.1, 0.15) is 18.4 Å². The van der Waals surface area contributed by atoms with E-state index in [4.69, 9.17) is 0 Å². The Kier molecular flexibility index (Phi) is 4.81. The summed E-state index contributed by atoms with van der Waals surface area (Å²) in [6.45, 7) is 2.18. The monoisotopic (exact) mass is 328 g/mol. The Balaban J connectivity index is 1.67. The lowest BCUT2D eigenvalue weighted by Crippen LogP contribution is -2.54. The second-order valence-electron chi connectivity index (χ2n) is 6.28. The largest absolute Gasteiger partial charge is 0.480 e. The van der Waals surface area contributed by atoms with Crippen LogP contribution in [-0.4, -0.2) is 34.6 Å². The third kappa shape index (κ3) is 3.74. The molecule has 0 radical (unpaired) electrons. The van der Waals surface area contributed by atoms with E-state index in [2.05, 4.69) is 22.3 Å². The van der Waals surface area contributed by atoms with Crippen LogP contribution in [0.3, 0.4) is 0 Å². The van der Waals surface area contributed by atoms with Crippen LogP contribution in [0.25, 0.3) is 0 Å². The van der Waals surface area contributed by atoms with E-state index in [-0.39, 0.29) is 5.82 Å². The predicted octanol–water partition coefficient (Wildman–Crippen LogP) is 3.36. The maximum Gasteiger partial charge on any atom is 0.329 e. The van der Waals surface area contributed by atoms with Crippen molar-refractivity contribution in [1.82, 2.24) is 4.90 Å². The van der Waals surface area contributed by atoms with Gasteiger partial charge in [0.2, 0.25) is 0 Å². The Bertz CT molecular complexity index is 698. The van der Waals surface area contributed by atoms with Crippen LogP contribution in [0.15, 0.2) is 54.6 Å². The van der Waals surface area contributed by atoms with Crippen molar-refractivity contribution in [1.29, 1.82) is 0 Å². The highest BCUT2D eigenvalue weighted by molar-refractivity contribution is 5.83. The number of nitrogens with zero attached hydrogens (tertiary/aromatic N) is 1. The molecule has 0 aliphatic carbocycles. The van der Waals surface area contributed by atoms with Crippen molar-refractivity contribution in [3.8, 4) is 0 Å². The Hall–Kier alpha value is -2.40. The van der Waals surface area contributed by atoms with Gasteiger partial charge in [-0.2, -0.15) is 0 Å². The van der Waals surface area contributed by atoms with Crippen LogP contribution < -0.4 is 5.32 Å². The zero-order chi connectivity index (χ0) is 17.0. The average Bonchev–Trinajstić information content (AvgIpc) is 2.57. The zero-order valence-corrected chi connectivity index (χ0v) is 13.4. The molecule has 1 heterocycles. The van der Waals surface area contributed by atoms with Crippen molar-refractivity contribution in [2.75, 3.05) is 18.4 Å². The van der Waals surface area contributed by atoms with Gasteiger partial charge in [-0.15, -0.1) is 0 Å². The van der Waals surface area contributed by atoms with Crippen molar-refractivity contribution < 1.29 is 14.3 Å². The molecule has 2 aromatic rings. The molecule has 126 valence electrons. The minimum atomic E-state index is -1.04. The number of likely N-dealkylation sites (tertiary alicyclic amines) is 1. The number of carbonyl (C=O) groups is 1. The standard InChI is InChI=1S/C19H21FN2O2/c20-16-7-4-8-17(13-16)21-19(18(23)24)9-11-22(12-10-19)14-15-5-2-1-3-6-15/h1-8,13,21H,9-12,14H2,(H,23,24). The Morgan fingerprint density at radius 2 is 1.83 bits per heavy atom. The lowest BCUT2D eigenvalue weighted by atomic mass is 9.87. The number of aliphatic carboxylic acids is 1. The Morgan fingerprint density at radius 3 is 2.46 bits per heavy atom. The van der Waals surface area contributed by atoms with E-state index >= 15 is 0 Å². The highest BCUT2D eigenvalue weighted by Crippen LogP contribution is 2.28. The van der Waals surface area contributed by atoms with Gasteiger partial charge in [-0.1, -0.05) is 36.4 Å². The normalized spacial score (nSPS) is 17.4. The van der Waals surface area contributed by atoms with E-state index in [9.17, 15) is 14.3 Å². The number of hydrogen-bond donors (Lipinski definition) is 2. The molecule has 2 aromatic carbocycles. The minimum Gasteiger partial charge on any atom is -0.480 e. The predicted molar refractivity (Wildman–Crippen MR) is 91.3 cm³/mol. The van der Waals surface area contributed by atoms with Crippen LogP contribution in [-0.2, 0) is 11.3 Å². The van der Waals surface area contributed by atoms with Crippen LogP contribution in [0.4, 0.5) is 10.1 Å². The fourth-order valence-corrected chi connectivity index (χ4v) is 3.17. The van der Waals surface area contributed by atoms with E-state index < -0.39 is 11.5 Å². The van der Waals surface area contributed by atoms with Gasteiger partial charge in [0, 0.05) is 25.3 Å².